The molecule has 0 aromatic heterocycles. The smallest absolute Gasteiger partial charge is 0.309 e. The Balaban J connectivity index is 1.70. The summed E-state index contributed by atoms with van der Waals surface area (Å²) in [5.74, 6) is 0.519. The molecule has 1 aliphatic carbocycles. The summed E-state index contributed by atoms with van der Waals surface area (Å²) in [5, 5.41) is 0. The molecule has 1 aromatic rings. The van der Waals surface area contributed by atoms with Gasteiger partial charge in [-0.1, -0.05) is 44.2 Å². The van der Waals surface area contributed by atoms with Crippen LogP contribution in [-0.4, -0.2) is 19.7 Å². The summed E-state index contributed by atoms with van der Waals surface area (Å²) in [7, 11) is 1.47. The highest BCUT2D eigenvalue weighted by Gasteiger charge is 2.51. The molecule has 1 aromatic carbocycles. The molecule has 0 bridgehead atoms. The first-order valence-electron chi connectivity index (χ1n) is 7.25. The van der Waals surface area contributed by atoms with Gasteiger partial charge in [-0.2, -0.15) is 0 Å². The molecule has 110 valence electrons. The number of ether oxygens (including phenoxy) is 2. The predicted molar refractivity (Wildman–Crippen MR) is 78.1 cm³/mol. The third kappa shape index (κ3) is 3.21. The van der Waals surface area contributed by atoms with E-state index in [1.807, 2.05) is 18.2 Å². The van der Waals surface area contributed by atoms with Crippen LogP contribution in [0.2, 0.25) is 0 Å². The van der Waals surface area contributed by atoms with Gasteiger partial charge in [0.05, 0.1) is 19.6 Å². The van der Waals surface area contributed by atoms with Crippen LogP contribution in [0, 0.1) is 17.3 Å². The minimum absolute atomic E-state index is 0.0310. The Kier molecular flexibility index (Phi) is 4.81. The first kappa shape index (κ1) is 15.0. The van der Waals surface area contributed by atoms with Gasteiger partial charge >= 0.3 is 5.97 Å². The molecule has 2 atom stereocenters. The fourth-order valence-corrected chi connectivity index (χ4v) is 3.04. The van der Waals surface area contributed by atoms with Crippen LogP contribution in [0.1, 0.15) is 32.3 Å². The summed E-state index contributed by atoms with van der Waals surface area (Å²) in [4.78, 5) is 11.6. The molecule has 0 spiro atoms. The SMILES string of the molecule is COC(=O)[C@@H]1C[C@H](CCOCc2ccccc2)C1(C)C. The molecule has 0 saturated heterocycles. The molecule has 1 fully saturated rings. The van der Waals surface area contributed by atoms with Gasteiger partial charge in [0.1, 0.15) is 0 Å². The molecule has 0 amide bonds. The monoisotopic (exact) mass is 276 g/mol. The number of methoxy groups -OCH3 is 1. The standard InChI is InChI=1S/C17H24O3/c1-17(2)14(11-15(17)16(18)19-3)9-10-20-12-13-7-5-4-6-8-13/h4-8,14-15H,9-12H2,1-3H3/t14-,15-/m0/s1. The van der Waals surface area contributed by atoms with E-state index in [0.29, 0.717) is 12.5 Å². The molecule has 0 aliphatic heterocycles. The lowest BCUT2D eigenvalue weighted by atomic mass is 9.54. The van der Waals surface area contributed by atoms with E-state index in [0.717, 1.165) is 19.4 Å². The van der Waals surface area contributed by atoms with E-state index >= 15 is 0 Å². The third-order valence-electron chi connectivity index (χ3n) is 4.68. The molecule has 2 rings (SSSR count). The second-order valence-electron chi connectivity index (χ2n) is 6.16. The van der Waals surface area contributed by atoms with E-state index in [1.165, 1.54) is 12.7 Å². The van der Waals surface area contributed by atoms with Gasteiger partial charge in [0.15, 0.2) is 0 Å². The van der Waals surface area contributed by atoms with Crippen LogP contribution in [0.25, 0.3) is 0 Å². The zero-order valence-corrected chi connectivity index (χ0v) is 12.6. The molecule has 0 unspecified atom stereocenters. The second-order valence-corrected chi connectivity index (χ2v) is 6.16. The highest BCUT2D eigenvalue weighted by atomic mass is 16.5. The van der Waals surface area contributed by atoms with Crippen molar-refractivity contribution in [2.75, 3.05) is 13.7 Å². The van der Waals surface area contributed by atoms with Crippen molar-refractivity contribution in [2.45, 2.75) is 33.3 Å². The van der Waals surface area contributed by atoms with Crippen molar-refractivity contribution < 1.29 is 14.3 Å². The topological polar surface area (TPSA) is 35.5 Å². The molecule has 1 aliphatic rings. The number of hydrogen-bond donors (Lipinski definition) is 0. The van der Waals surface area contributed by atoms with Crippen molar-refractivity contribution in [2.24, 2.45) is 17.3 Å². The van der Waals surface area contributed by atoms with Gasteiger partial charge < -0.3 is 9.47 Å². The molecule has 20 heavy (non-hydrogen) atoms. The Morgan fingerprint density at radius 2 is 2.00 bits per heavy atom. The summed E-state index contributed by atoms with van der Waals surface area (Å²) >= 11 is 0. The van der Waals surface area contributed by atoms with Gasteiger partial charge in [-0.05, 0) is 29.7 Å². The Hall–Kier alpha value is -1.35. The maximum absolute atomic E-state index is 11.6. The Morgan fingerprint density at radius 1 is 1.30 bits per heavy atom. The zero-order valence-electron chi connectivity index (χ0n) is 12.6. The van der Waals surface area contributed by atoms with Crippen LogP contribution in [0.4, 0.5) is 0 Å². The average Bonchev–Trinajstić information content (AvgIpc) is 2.46. The molecule has 3 nitrogen and oxygen atoms in total. The molecule has 1 saturated carbocycles. The molecular weight excluding hydrogens is 252 g/mol. The molecule has 0 N–H and O–H groups in total. The number of carbonyl (C=O) groups is 1. The van der Waals surface area contributed by atoms with Crippen LogP contribution in [0.3, 0.4) is 0 Å². The minimum Gasteiger partial charge on any atom is -0.469 e. The summed E-state index contributed by atoms with van der Waals surface area (Å²) in [6.45, 7) is 5.71. The Morgan fingerprint density at radius 3 is 2.60 bits per heavy atom. The predicted octanol–water partition coefficient (Wildman–Crippen LogP) is 3.43. The van der Waals surface area contributed by atoms with Gasteiger partial charge in [0.25, 0.3) is 0 Å². The summed E-state index contributed by atoms with van der Waals surface area (Å²) < 4.78 is 10.6. The van der Waals surface area contributed by atoms with Crippen LogP contribution in [0.15, 0.2) is 30.3 Å². The van der Waals surface area contributed by atoms with Crippen molar-refractivity contribution in [3.05, 3.63) is 35.9 Å². The van der Waals surface area contributed by atoms with Gasteiger partial charge in [-0.15, -0.1) is 0 Å². The third-order valence-corrected chi connectivity index (χ3v) is 4.68. The lowest BCUT2D eigenvalue weighted by Gasteiger charge is -2.50. The quantitative estimate of drug-likeness (QED) is 0.590. The number of hydrogen-bond acceptors (Lipinski definition) is 3. The second kappa shape index (κ2) is 6.40. The van der Waals surface area contributed by atoms with E-state index in [9.17, 15) is 4.79 Å². The van der Waals surface area contributed by atoms with Gasteiger partial charge in [0, 0.05) is 6.61 Å². The van der Waals surface area contributed by atoms with Crippen molar-refractivity contribution in [1.29, 1.82) is 0 Å². The van der Waals surface area contributed by atoms with Crippen LogP contribution in [0.5, 0.6) is 0 Å². The molecular formula is C17H24O3. The van der Waals surface area contributed by atoms with Crippen LogP contribution >= 0.6 is 0 Å². The number of carbonyl (C=O) groups excluding carboxylic acids is 1. The van der Waals surface area contributed by atoms with E-state index < -0.39 is 0 Å². The lowest BCUT2D eigenvalue weighted by Crippen LogP contribution is -2.49. The van der Waals surface area contributed by atoms with E-state index in [1.54, 1.807) is 0 Å². The molecule has 0 radical (unpaired) electrons. The van der Waals surface area contributed by atoms with E-state index in [-0.39, 0.29) is 17.3 Å². The van der Waals surface area contributed by atoms with E-state index in [2.05, 4.69) is 26.0 Å². The Bertz CT molecular complexity index is 439. The first-order chi connectivity index (χ1) is 9.55. The largest absolute Gasteiger partial charge is 0.469 e. The van der Waals surface area contributed by atoms with Gasteiger partial charge in [-0.25, -0.2) is 0 Å². The molecule has 3 heteroatoms. The number of benzene rings is 1. The highest BCUT2D eigenvalue weighted by molar-refractivity contribution is 5.74. The zero-order chi connectivity index (χ0) is 14.6. The minimum atomic E-state index is -0.0727. The van der Waals surface area contributed by atoms with E-state index in [4.69, 9.17) is 9.47 Å². The summed E-state index contributed by atoms with van der Waals surface area (Å²) in [6.07, 6.45) is 1.93. The van der Waals surface area contributed by atoms with Crippen LogP contribution < -0.4 is 0 Å². The van der Waals surface area contributed by atoms with Crippen molar-refractivity contribution in [3.8, 4) is 0 Å². The van der Waals surface area contributed by atoms with Gasteiger partial charge in [0.2, 0.25) is 0 Å². The summed E-state index contributed by atoms with van der Waals surface area (Å²) in [6, 6.07) is 10.2. The maximum Gasteiger partial charge on any atom is 0.309 e. The Labute approximate surface area is 121 Å². The lowest BCUT2D eigenvalue weighted by molar-refractivity contribution is -0.163. The number of esters is 1. The fraction of sp³-hybridized carbons (Fsp3) is 0.588. The highest BCUT2D eigenvalue weighted by Crippen LogP contribution is 2.53. The maximum atomic E-state index is 11.6. The molecule has 0 heterocycles. The average molecular weight is 276 g/mol. The van der Waals surface area contributed by atoms with Crippen molar-refractivity contribution >= 4 is 5.97 Å². The summed E-state index contributed by atoms with van der Waals surface area (Å²) in [5.41, 5.74) is 1.23. The van der Waals surface area contributed by atoms with Crippen molar-refractivity contribution in [1.82, 2.24) is 0 Å². The van der Waals surface area contributed by atoms with Crippen molar-refractivity contribution in [3.63, 3.8) is 0 Å². The normalized spacial score (nSPS) is 23.9. The first-order valence-corrected chi connectivity index (χ1v) is 7.25. The fourth-order valence-electron chi connectivity index (χ4n) is 3.04. The van der Waals surface area contributed by atoms with Crippen LogP contribution in [-0.2, 0) is 20.9 Å². The number of rotatable bonds is 6. The van der Waals surface area contributed by atoms with Gasteiger partial charge in [-0.3, -0.25) is 4.79 Å².